The molecule has 0 fully saturated rings. The molecule has 5 heteroatoms. The first-order valence-electron chi connectivity index (χ1n) is 4.69. The molecule has 2 aromatic rings. The van der Waals surface area contributed by atoms with E-state index in [1.54, 1.807) is 12.4 Å². The molecule has 2 aromatic heterocycles. The van der Waals surface area contributed by atoms with Crippen molar-refractivity contribution in [3.05, 3.63) is 30.4 Å². The zero-order chi connectivity index (χ0) is 10.7. The normalized spacial score (nSPS) is 12.7. The predicted octanol–water partition coefficient (Wildman–Crippen LogP) is 2.98. The van der Waals surface area contributed by atoms with E-state index >= 15 is 0 Å². The van der Waals surface area contributed by atoms with Crippen molar-refractivity contribution in [2.45, 2.75) is 18.2 Å². The molecule has 0 aromatic carbocycles. The molecule has 2 rings (SSSR count). The van der Waals surface area contributed by atoms with Crippen LogP contribution in [0.25, 0.3) is 11.4 Å². The van der Waals surface area contributed by atoms with Crippen molar-refractivity contribution in [1.82, 2.24) is 15.1 Å². The fourth-order valence-electron chi connectivity index (χ4n) is 1.16. The second-order valence-corrected chi connectivity index (χ2v) is 4.17. The maximum Gasteiger partial charge on any atom is 0.240 e. The molecule has 0 aliphatic carbocycles. The molecule has 1 atom stereocenters. The summed E-state index contributed by atoms with van der Waals surface area (Å²) >= 11 is 3.46. The highest BCUT2D eigenvalue weighted by Crippen LogP contribution is 2.26. The van der Waals surface area contributed by atoms with Crippen molar-refractivity contribution in [1.29, 1.82) is 0 Å². The number of pyridine rings is 1. The smallest absolute Gasteiger partial charge is 0.240 e. The van der Waals surface area contributed by atoms with Crippen LogP contribution in [0.1, 0.15) is 24.1 Å². The molecule has 0 aliphatic heterocycles. The summed E-state index contributed by atoms with van der Waals surface area (Å²) in [5, 5.41) is 3.91. The Morgan fingerprint density at radius 3 is 2.80 bits per heavy atom. The van der Waals surface area contributed by atoms with E-state index in [0.717, 1.165) is 12.0 Å². The highest BCUT2D eigenvalue weighted by atomic mass is 79.9. The molecule has 0 bridgehead atoms. The number of rotatable bonds is 3. The summed E-state index contributed by atoms with van der Waals surface area (Å²) in [4.78, 5) is 8.36. The zero-order valence-electron chi connectivity index (χ0n) is 8.22. The van der Waals surface area contributed by atoms with Crippen LogP contribution >= 0.6 is 15.9 Å². The lowest BCUT2D eigenvalue weighted by molar-refractivity contribution is 0.377. The Labute approximate surface area is 95.9 Å². The van der Waals surface area contributed by atoms with Crippen molar-refractivity contribution in [3.8, 4) is 11.4 Å². The van der Waals surface area contributed by atoms with E-state index in [1.165, 1.54) is 0 Å². The molecule has 0 spiro atoms. The molecule has 0 aliphatic rings. The predicted molar refractivity (Wildman–Crippen MR) is 59.5 cm³/mol. The number of hydrogen-bond acceptors (Lipinski definition) is 4. The number of aromatic nitrogens is 3. The lowest BCUT2D eigenvalue weighted by Gasteiger charge is -1.96. The fraction of sp³-hybridized carbons (Fsp3) is 0.300. The van der Waals surface area contributed by atoms with Crippen molar-refractivity contribution < 1.29 is 4.52 Å². The highest BCUT2D eigenvalue weighted by Gasteiger charge is 2.14. The molecule has 0 N–H and O–H groups in total. The molecule has 2 heterocycles. The molecule has 0 saturated carbocycles. The first-order valence-corrected chi connectivity index (χ1v) is 5.61. The minimum Gasteiger partial charge on any atom is -0.338 e. The van der Waals surface area contributed by atoms with Crippen molar-refractivity contribution in [2.75, 3.05) is 0 Å². The quantitative estimate of drug-likeness (QED) is 0.803. The molecule has 0 amide bonds. The van der Waals surface area contributed by atoms with Crippen molar-refractivity contribution in [2.24, 2.45) is 0 Å². The third kappa shape index (κ3) is 2.23. The third-order valence-electron chi connectivity index (χ3n) is 2.01. The van der Waals surface area contributed by atoms with E-state index in [4.69, 9.17) is 4.52 Å². The Balaban J connectivity index is 2.28. The van der Waals surface area contributed by atoms with Crippen LogP contribution in [0.2, 0.25) is 0 Å². The standard InChI is InChI=1S/C10H10BrN3O/c1-2-8(11)10-13-9(14-15-10)7-3-5-12-6-4-7/h3-6,8H,2H2,1H3. The van der Waals surface area contributed by atoms with Gasteiger partial charge < -0.3 is 4.52 Å². The molecular weight excluding hydrogens is 258 g/mol. The highest BCUT2D eigenvalue weighted by molar-refractivity contribution is 9.09. The van der Waals surface area contributed by atoms with Gasteiger partial charge >= 0.3 is 0 Å². The summed E-state index contributed by atoms with van der Waals surface area (Å²) in [6, 6.07) is 3.70. The number of nitrogens with zero attached hydrogens (tertiary/aromatic N) is 3. The minimum atomic E-state index is 0.126. The number of halogens is 1. The third-order valence-corrected chi connectivity index (χ3v) is 3.05. The Kier molecular flexibility index (Phi) is 3.11. The Bertz CT molecular complexity index is 429. The van der Waals surface area contributed by atoms with E-state index < -0.39 is 0 Å². The van der Waals surface area contributed by atoms with Gasteiger partial charge in [-0.25, -0.2) is 0 Å². The topological polar surface area (TPSA) is 51.8 Å². The van der Waals surface area contributed by atoms with Gasteiger partial charge in [-0.3, -0.25) is 4.98 Å². The maximum atomic E-state index is 5.14. The molecule has 78 valence electrons. The molecule has 1 unspecified atom stereocenters. The van der Waals surface area contributed by atoms with Gasteiger partial charge in [0.1, 0.15) is 0 Å². The fourth-order valence-corrected chi connectivity index (χ4v) is 1.34. The van der Waals surface area contributed by atoms with Crippen molar-refractivity contribution in [3.63, 3.8) is 0 Å². The van der Waals surface area contributed by atoms with Crippen molar-refractivity contribution >= 4 is 15.9 Å². The number of alkyl halides is 1. The van der Waals surface area contributed by atoms with Gasteiger partial charge in [0, 0.05) is 18.0 Å². The van der Waals surface area contributed by atoms with E-state index in [2.05, 4.69) is 38.0 Å². The molecule has 15 heavy (non-hydrogen) atoms. The van der Waals surface area contributed by atoms with Crippen LogP contribution in [-0.4, -0.2) is 15.1 Å². The van der Waals surface area contributed by atoms with Crippen LogP contribution in [0, 0.1) is 0 Å². The second kappa shape index (κ2) is 4.53. The molecule has 0 saturated heterocycles. The van der Waals surface area contributed by atoms with Gasteiger partial charge in [-0.05, 0) is 18.6 Å². The largest absolute Gasteiger partial charge is 0.338 e. The van der Waals surface area contributed by atoms with Crippen LogP contribution < -0.4 is 0 Å². The second-order valence-electron chi connectivity index (χ2n) is 3.07. The SMILES string of the molecule is CCC(Br)c1nc(-c2ccncc2)no1. The summed E-state index contributed by atoms with van der Waals surface area (Å²) in [6.07, 6.45) is 4.32. The average Bonchev–Trinajstić information content (AvgIpc) is 2.78. The van der Waals surface area contributed by atoms with Crippen LogP contribution in [-0.2, 0) is 0 Å². The first-order chi connectivity index (χ1) is 7.31. The Morgan fingerprint density at radius 2 is 2.13 bits per heavy atom. The molecular formula is C10H10BrN3O. The van der Waals surface area contributed by atoms with Gasteiger partial charge in [0.2, 0.25) is 11.7 Å². The van der Waals surface area contributed by atoms with E-state index in [9.17, 15) is 0 Å². The summed E-state index contributed by atoms with van der Waals surface area (Å²) in [5.41, 5.74) is 0.913. The lowest BCUT2D eigenvalue weighted by Crippen LogP contribution is -1.87. The van der Waals surface area contributed by atoms with Crippen LogP contribution in [0.3, 0.4) is 0 Å². The van der Waals surface area contributed by atoms with Crippen LogP contribution in [0.4, 0.5) is 0 Å². The first kappa shape index (κ1) is 10.3. The van der Waals surface area contributed by atoms with Gasteiger partial charge in [0.05, 0.1) is 4.83 Å². The monoisotopic (exact) mass is 267 g/mol. The summed E-state index contributed by atoms with van der Waals surface area (Å²) in [5.74, 6) is 1.22. The molecule has 4 nitrogen and oxygen atoms in total. The van der Waals surface area contributed by atoms with Crippen LogP contribution in [0.15, 0.2) is 29.0 Å². The van der Waals surface area contributed by atoms with E-state index in [0.29, 0.717) is 11.7 Å². The zero-order valence-corrected chi connectivity index (χ0v) is 9.81. The summed E-state index contributed by atoms with van der Waals surface area (Å²) in [7, 11) is 0. The maximum absolute atomic E-state index is 5.14. The van der Waals surface area contributed by atoms with Gasteiger partial charge in [-0.2, -0.15) is 4.98 Å². The summed E-state index contributed by atoms with van der Waals surface area (Å²) < 4.78 is 5.14. The average molecular weight is 268 g/mol. The van der Waals surface area contributed by atoms with Gasteiger partial charge in [0.15, 0.2) is 0 Å². The van der Waals surface area contributed by atoms with Gasteiger partial charge in [-0.1, -0.05) is 28.0 Å². The minimum absolute atomic E-state index is 0.126. The Morgan fingerprint density at radius 1 is 1.40 bits per heavy atom. The van der Waals surface area contributed by atoms with Gasteiger partial charge in [-0.15, -0.1) is 0 Å². The number of hydrogen-bond donors (Lipinski definition) is 0. The van der Waals surface area contributed by atoms with E-state index in [1.807, 2.05) is 12.1 Å². The molecule has 0 radical (unpaired) electrons. The van der Waals surface area contributed by atoms with Crippen LogP contribution in [0.5, 0.6) is 0 Å². The van der Waals surface area contributed by atoms with Gasteiger partial charge in [0.25, 0.3) is 0 Å². The lowest BCUT2D eigenvalue weighted by atomic mass is 10.2. The Hall–Kier alpha value is -1.23. The summed E-state index contributed by atoms with van der Waals surface area (Å²) in [6.45, 7) is 2.05. The van der Waals surface area contributed by atoms with E-state index in [-0.39, 0.29) is 4.83 Å².